The van der Waals surface area contributed by atoms with Crippen molar-refractivity contribution in [3.8, 4) is 0 Å². The number of carbonyl (C=O) groups is 1. The van der Waals surface area contributed by atoms with Gasteiger partial charge in [-0.05, 0) is 46.3 Å². The summed E-state index contributed by atoms with van der Waals surface area (Å²) in [4.78, 5) is 11.5. The van der Waals surface area contributed by atoms with Gasteiger partial charge in [0, 0.05) is 10.2 Å². The van der Waals surface area contributed by atoms with Crippen LogP contribution in [0.4, 0.5) is 21.5 Å². The molecule has 0 bridgehead atoms. The molecule has 0 atom stereocenters. The second kappa shape index (κ2) is 5.68. The van der Waals surface area contributed by atoms with Crippen LogP contribution in [0.3, 0.4) is 0 Å². The van der Waals surface area contributed by atoms with Crippen LogP contribution in [0, 0.1) is 5.82 Å². The zero-order valence-electron chi connectivity index (χ0n) is 10.1. The van der Waals surface area contributed by atoms with Crippen LogP contribution in [-0.2, 0) is 0 Å². The van der Waals surface area contributed by atoms with E-state index in [0.717, 1.165) is 0 Å². The van der Waals surface area contributed by atoms with Crippen molar-refractivity contribution >= 4 is 50.5 Å². The number of hydrogen-bond acceptors (Lipinski definition) is 3. The van der Waals surface area contributed by atoms with E-state index in [-0.39, 0.29) is 16.4 Å². The van der Waals surface area contributed by atoms with Crippen molar-refractivity contribution in [1.82, 2.24) is 0 Å². The third kappa shape index (κ3) is 3.02. The molecule has 2 rings (SSSR count). The number of anilines is 3. The van der Waals surface area contributed by atoms with Crippen LogP contribution in [0.25, 0.3) is 0 Å². The second-order valence-corrected chi connectivity index (χ2v) is 5.30. The summed E-state index contributed by atoms with van der Waals surface area (Å²) in [6.45, 7) is 0. The summed E-state index contributed by atoms with van der Waals surface area (Å²) in [6, 6.07) is 7.00. The van der Waals surface area contributed by atoms with Crippen molar-refractivity contribution in [2.75, 3.05) is 11.1 Å². The Morgan fingerprint density at radius 1 is 1.30 bits per heavy atom. The Morgan fingerprint density at radius 3 is 2.60 bits per heavy atom. The monoisotopic (exact) mass is 357 g/mol. The summed E-state index contributed by atoms with van der Waals surface area (Å²) in [5, 5.41) is 3.19. The molecule has 2 aromatic rings. The van der Waals surface area contributed by atoms with Crippen molar-refractivity contribution < 1.29 is 9.18 Å². The van der Waals surface area contributed by atoms with E-state index in [0.29, 0.717) is 21.5 Å². The first-order chi connectivity index (χ1) is 9.38. The minimum Gasteiger partial charge on any atom is -0.399 e. The molecule has 0 heterocycles. The van der Waals surface area contributed by atoms with Crippen LogP contribution < -0.4 is 16.8 Å². The zero-order valence-corrected chi connectivity index (χ0v) is 12.4. The lowest BCUT2D eigenvalue weighted by Gasteiger charge is -2.14. The molecule has 1 amide bonds. The van der Waals surface area contributed by atoms with Gasteiger partial charge in [-0.2, -0.15) is 0 Å². The summed E-state index contributed by atoms with van der Waals surface area (Å²) < 4.78 is 13.5. The number of nitrogen functional groups attached to an aromatic ring is 1. The highest BCUT2D eigenvalue weighted by atomic mass is 79.9. The van der Waals surface area contributed by atoms with Gasteiger partial charge in [0.1, 0.15) is 5.82 Å². The number of rotatable bonds is 3. The summed E-state index contributed by atoms with van der Waals surface area (Å²) in [7, 11) is 0. The normalized spacial score (nSPS) is 10.3. The number of primary amides is 1. The van der Waals surface area contributed by atoms with Crippen molar-refractivity contribution in [1.29, 1.82) is 0 Å². The smallest absolute Gasteiger partial charge is 0.250 e. The number of nitrogens with two attached hydrogens (primary N) is 2. The highest BCUT2D eigenvalue weighted by Crippen LogP contribution is 2.34. The fourth-order valence-corrected chi connectivity index (χ4v) is 2.40. The maximum Gasteiger partial charge on any atom is 0.250 e. The molecule has 0 saturated carbocycles. The molecular formula is C13H10BrClFN3O. The third-order valence-electron chi connectivity index (χ3n) is 2.57. The van der Waals surface area contributed by atoms with E-state index in [4.69, 9.17) is 23.1 Å². The highest BCUT2D eigenvalue weighted by molar-refractivity contribution is 9.10. The number of amides is 1. The van der Waals surface area contributed by atoms with Crippen LogP contribution in [0.1, 0.15) is 10.4 Å². The molecule has 0 unspecified atom stereocenters. The Hall–Kier alpha value is -1.79. The Bertz CT molecular complexity index is 694. The van der Waals surface area contributed by atoms with Crippen molar-refractivity contribution in [2.45, 2.75) is 0 Å². The lowest BCUT2D eigenvalue weighted by atomic mass is 10.1. The molecule has 0 radical (unpaired) electrons. The standard InChI is InChI=1S/C13H10BrClFN3O/c14-9-3-6(16)1-2-11(9)19-12-8(13(18)20)4-7(17)5-10(12)15/h1-5,19H,17H2,(H2,18,20). The molecule has 20 heavy (non-hydrogen) atoms. The number of hydrogen-bond donors (Lipinski definition) is 3. The van der Waals surface area contributed by atoms with Gasteiger partial charge < -0.3 is 16.8 Å². The van der Waals surface area contributed by atoms with E-state index in [9.17, 15) is 9.18 Å². The first kappa shape index (κ1) is 14.6. The minimum atomic E-state index is -0.667. The Morgan fingerprint density at radius 2 is 2.00 bits per heavy atom. The van der Waals surface area contributed by atoms with Gasteiger partial charge in [-0.25, -0.2) is 4.39 Å². The van der Waals surface area contributed by atoms with Gasteiger partial charge >= 0.3 is 0 Å². The van der Waals surface area contributed by atoms with E-state index < -0.39 is 5.91 Å². The molecule has 0 aliphatic carbocycles. The van der Waals surface area contributed by atoms with Crippen LogP contribution in [0.15, 0.2) is 34.8 Å². The van der Waals surface area contributed by atoms with Gasteiger partial charge in [0.15, 0.2) is 0 Å². The van der Waals surface area contributed by atoms with Gasteiger partial charge in [0.05, 0.1) is 22.0 Å². The number of benzene rings is 2. The Kier molecular flexibility index (Phi) is 4.15. The van der Waals surface area contributed by atoms with Crippen molar-refractivity contribution in [2.24, 2.45) is 5.73 Å². The van der Waals surface area contributed by atoms with Crippen molar-refractivity contribution in [3.05, 3.63) is 51.2 Å². The molecule has 2 aromatic carbocycles. The molecule has 0 aromatic heterocycles. The summed E-state index contributed by atoms with van der Waals surface area (Å²) in [5.74, 6) is -1.05. The second-order valence-electron chi connectivity index (χ2n) is 4.04. The van der Waals surface area contributed by atoms with Gasteiger partial charge in [-0.3, -0.25) is 4.79 Å². The van der Waals surface area contributed by atoms with E-state index in [1.165, 1.54) is 30.3 Å². The zero-order chi connectivity index (χ0) is 14.9. The Labute approximate surface area is 128 Å². The number of nitrogens with one attached hydrogen (secondary N) is 1. The van der Waals surface area contributed by atoms with E-state index in [1.807, 2.05) is 0 Å². The maximum absolute atomic E-state index is 13.1. The molecule has 5 N–H and O–H groups in total. The van der Waals surface area contributed by atoms with E-state index in [2.05, 4.69) is 21.2 Å². The molecular weight excluding hydrogens is 349 g/mol. The van der Waals surface area contributed by atoms with E-state index in [1.54, 1.807) is 0 Å². The number of carbonyl (C=O) groups excluding carboxylic acids is 1. The van der Waals surface area contributed by atoms with Crippen molar-refractivity contribution in [3.63, 3.8) is 0 Å². The number of halogens is 3. The predicted molar refractivity (Wildman–Crippen MR) is 81.8 cm³/mol. The molecule has 0 fully saturated rings. The Balaban J connectivity index is 2.50. The minimum absolute atomic E-state index is 0.159. The SMILES string of the molecule is NC(=O)c1cc(N)cc(Cl)c1Nc1ccc(F)cc1Br. The van der Waals surface area contributed by atoms with Crippen LogP contribution in [0.2, 0.25) is 5.02 Å². The maximum atomic E-state index is 13.1. The molecule has 7 heteroatoms. The lowest BCUT2D eigenvalue weighted by molar-refractivity contribution is 0.100. The molecule has 104 valence electrons. The topological polar surface area (TPSA) is 81.1 Å². The largest absolute Gasteiger partial charge is 0.399 e. The van der Waals surface area contributed by atoms with Gasteiger partial charge in [-0.1, -0.05) is 11.6 Å². The molecule has 4 nitrogen and oxygen atoms in total. The van der Waals surface area contributed by atoms with Gasteiger partial charge in [0.25, 0.3) is 5.91 Å². The fraction of sp³-hybridized carbons (Fsp3) is 0. The molecule has 0 spiro atoms. The van der Waals surface area contributed by atoms with Crippen LogP contribution >= 0.6 is 27.5 Å². The fourth-order valence-electron chi connectivity index (χ4n) is 1.67. The summed E-state index contributed by atoms with van der Waals surface area (Å²) >= 11 is 9.29. The summed E-state index contributed by atoms with van der Waals surface area (Å²) in [5.41, 5.74) is 12.3. The average molecular weight is 359 g/mol. The van der Waals surface area contributed by atoms with Crippen LogP contribution in [0.5, 0.6) is 0 Å². The predicted octanol–water partition coefficient (Wildman–Crippen LogP) is 3.67. The summed E-state index contributed by atoms with van der Waals surface area (Å²) in [6.07, 6.45) is 0. The lowest BCUT2D eigenvalue weighted by Crippen LogP contribution is -2.14. The van der Waals surface area contributed by atoms with Gasteiger partial charge in [-0.15, -0.1) is 0 Å². The molecule has 0 aliphatic rings. The molecule has 0 aliphatic heterocycles. The first-order valence-electron chi connectivity index (χ1n) is 5.49. The van der Waals surface area contributed by atoms with Gasteiger partial charge in [0.2, 0.25) is 0 Å². The molecule has 0 saturated heterocycles. The third-order valence-corrected chi connectivity index (χ3v) is 3.52. The average Bonchev–Trinajstić information content (AvgIpc) is 2.34. The van der Waals surface area contributed by atoms with Crippen LogP contribution in [-0.4, -0.2) is 5.91 Å². The van der Waals surface area contributed by atoms with E-state index >= 15 is 0 Å². The first-order valence-corrected chi connectivity index (χ1v) is 6.66. The quantitative estimate of drug-likeness (QED) is 0.732. The highest BCUT2D eigenvalue weighted by Gasteiger charge is 2.14.